The van der Waals surface area contributed by atoms with E-state index < -0.39 is 0 Å². The highest BCUT2D eigenvalue weighted by molar-refractivity contribution is 6.30. The molecule has 1 aromatic heterocycles. The first-order valence-electron chi connectivity index (χ1n) is 3.87. The Morgan fingerprint density at radius 2 is 2.29 bits per heavy atom. The second-order valence-corrected chi connectivity index (χ2v) is 2.84. The summed E-state index contributed by atoms with van der Waals surface area (Å²) in [7, 11) is 0. The van der Waals surface area contributed by atoms with E-state index in [2.05, 4.69) is 4.98 Å². The van der Waals surface area contributed by atoms with Gasteiger partial charge in [-0.1, -0.05) is 23.8 Å². The second kappa shape index (κ2) is 5.01. The first kappa shape index (κ1) is 10.2. The van der Waals surface area contributed by atoms with E-state index >= 15 is 0 Å². The van der Waals surface area contributed by atoms with Crippen LogP contribution in [0.4, 0.5) is 0 Å². The molecular formula is C10H6ClN3. The zero-order chi connectivity index (χ0) is 10.4. The maximum absolute atomic E-state index is 8.66. The van der Waals surface area contributed by atoms with Gasteiger partial charge in [0, 0.05) is 6.20 Å². The van der Waals surface area contributed by atoms with Crippen molar-refractivity contribution in [2.75, 3.05) is 0 Å². The molecule has 0 amide bonds. The van der Waals surface area contributed by atoms with Crippen LogP contribution in [0.2, 0.25) is 5.15 Å². The van der Waals surface area contributed by atoms with E-state index in [9.17, 15) is 0 Å². The van der Waals surface area contributed by atoms with Crippen molar-refractivity contribution < 1.29 is 0 Å². The molecule has 3 nitrogen and oxygen atoms in total. The number of nitrogens with zero attached hydrogens (tertiary/aromatic N) is 3. The predicted molar refractivity (Wildman–Crippen MR) is 53.2 cm³/mol. The molecule has 0 spiro atoms. The SMILES string of the molecule is N#CCC=Cc1cnc(Cl)c(C#N)c1. The van der Waals surface area contributed by atoms with Crippen LogP contribution in [-0.2, 0) is 0 Å². The summed E-state index contributed by atoms with van der Waals surface area (Å²) in [6.45, 7) is 0. The van der Waals surface area contributed by atoms with Gasteiger partial charge in [-0.15, -0.1) is 0 Å². The molecule has 1 rings (SSSR count). The fourth-order valence-corrected chi connectivity index (χ4v) is 1.03. The van der Waals surface area contributed by atoms with Crippen molar-refractivity contribution in [2.24, 2.45) is 0 Å². The second-order valence-electron chi connectivity index (χ2n) is 2.48. The van der Waals surface area contributed by atoms with Crippen molar-refractivity contribution in [3.63, 3.8) is 0 Å². The van der Waals surface area contributed by atoms with Crippen LogP contribution >= 0.6 is 11.6 Å². The van der Waals surface area contributed by atoms with E-state index in [-0.39, 0.29) is 5.15 Å². The molecular weight excluding hydrogens is 198 g/mol. The third kappa shape index (κ3) is 2.58. The summed E-state index contributed by atoms with van der Waals surface area (Å²) in [6.07, 6.45) is 5.32. The topological polar surface area (TPSA) is 60.5 Å². The molecule has 14 heavy (non-hydrogen) atoms. The molecule has 0 saturated heterocycles. The van der Waals surface area contributed by atoms with Gasteiger partial charge in [0.2, 0.25) is 0 Å². The fourth-order valence-electron chi connectivity index (χ4n) is 0.881. The van der Waals surface area contributed by atoms with E-state index in [1.807, 2.05) is 12.1 Å². The lowest BCUT2D eigenvalue weighted by Crippen LogP contribution is -1.84. The summed E-state index contributed by atoms with van der Waals surface area (Å²) in [4.78, 5) is 3.84. The number of allylic oxidation sites excluding steroid dienone is 1. The van der Waals surface area contributed by atoms with Crippen molar-refractivity contribution in [1.29, 1.82) is 10.5 Å². The summed E-state index contributed by atoms with van der Waals surface area (Å²) < 4.78 is 0. The van der Waals surface area contributed by atoms with Gasteiger partial charge in [0.25, 0.3) is 0 Å². The average molecular weight is 204 g/mol. The van der Waals surface area contributed by atoms with Gasteiger partial charge in [0.1, 0.15) is 11.2 Å². The average Bonchev–Trinajstić information content (AvgIpc) is 2.21. The van der Waals surface area contributed by atoms with Crippen molar-refractivity contribution in [3.05, 3.63) is 34.6 Å². The first-order chi connectivity index (χ1) is 6.77. The molecule has 0 aliphatic rings. The Labute approximate surface area is 86.9 Å². The van der Waals surface area contributed by atoms with Crippen molar-refractivity contribution in [2.45, 2.75) is 6.42 Å². The summed E-state index contributed by atoms with van der Waals surface area (Å²) in [6, 6.07) is 5.54. The Balaban J connectivity index is 2.92. The quantitative estimate of drug-likeness (QED) is 0.694. The van der Waals surface area contributed by atoms with Crippen molar-refractivity contribution in [1.82, 2.24) is 4.98 Å². The number of nitriles is 2. The molecule has 68 valence electrons. The summed E-state index contributed by atoms with van der Waals surface area (Å²) in [5.41, 5.74) is 1.10. The minimum absolute atomic E-state index is 0.199. The third-order valence-corrected chi connectivity index (χ3v) is 1.80. The molecule has 0 saturated carbocycles. The van der Waals surface area contributed by atoms with Crippen LogP contribution in [0.3, 0.4) is 0 Å². The van der Waals surface area contributed by atoms with Crippen LogP contribution in [0.5, 0.6) is 0 Å². The maximum Gasteiger partial charge on any atom is 0.146 e. The zero-order valence-electron chi connectivity index (χ0n) is 7.24. The minimum atomic E-state index is 0.199. The van der Waals surface area contributed by atoms with Crippen molar-refractivity contribution in [3.8, 4) is 12.1 Å². The normalized spacial score (nSPS) is 9.64. The Morgan fingerprint density at radius 3 is 2.93 bits per heavy atom. The van der Waals surface area contributed by atoms with Gasteiger partial charge >= 0.3 is 0 Å². The fraction of sp³-hybridized carbons (Fsp3) is 0.100. The lowest BCUT2D eigenvalue weighted by atomic mass is 10.2. The first-order valence-corrected chi connectivity index (χ1v) is 4.25. The zero-order valence-corrected chi connectivity index (χ0v) is 7.99. The summed E-state index contributed by atoms with van der Waals surface area (Å²) >= 11 is 5.65. The van der Waals surface area contributed by atoms with E-state index in [4.69, 9.17) is 22.1 Å². The molecule has 0 aromatic carbocycles. The molecule has 0 radical (unpaired) electrons. The van der Waals surface area contributed by atoms with Crippen LogP contribution in [0, 0.1) is 22.7 Å². The van der Waals surface area contributed by atoms with Gasteiger partial charge in [0.05, 0.1) is 18.1 Å². The number of pyridine rings is 1. The van der Waals surface area contributed by atoms with E-state index in [1.165, 1.54) is 0 Å². The number of halogens is 1. The van der Waals surface area contributed by atoms with Gasteiger partial charge < -0.3 is 0 Å². The Bertz CT molecular complexity index is 438. The highest BCUT2D eigenvalue weighted by atomic mass is 35.5. The smallest absolute Gasteiger partial charge is 0.146 e. The number of aromatic nitrogens is 1. The van der Waals surface area contributed by atoms with Gasteiger partial charge in [-0.25, -0.2) is 4.98 Å². The number of hydrogen-bond donors (Lipinski definition) is 0. The van der Waals surface area contributed by atoms with Crippen LogP contribution < -0.4 is 0 Å². The van der Waals surface area contributed by atoms with E-state index in [0.29, 0.717) is 12.0 Å². The molecule has 0 bridgehead atoms. The van der Waals surface area contributed by atoms with E-state index in [1.54, 1.807) is 24.4 Å². The number of rotatable bonds is 2. The Kier molecular flexibility index (Phi) is 3.67. The predicted octanol–water partition coefficient (Wildman–Crippen LogP) is 2.53. The van der Waals surface area contributed by atoms with Gasteiger partial charge in [0.15, 0.2) is 0 Å². The lowest BCUT2D eigenvalue weighted by Gasteiger charge is -1.95. The highest BCUT2D eigenvalue weighted by Crippen LogP contribution is 2.13. The monoisotopic (exact) mass is 203 g/mol. The summed E-state index contributed by atoms with van der Waals surface area (Å²) in [5, 5.41) is 17.2. The van der Waals surface area contributed by atoms with Crippen molar-refractivity contribution >= 4 is 17.7 Å². The Morgan fingerprint density at radius 1 is 1.50 bits per heavy atom. The van der Waals surface area contributed by atoms with Crippen LogP contribution in [0.1, 0.15) is 17.5 Å². The molecule has 4 heteroatoms. The molecule has 0 fully saturated rings. The van der Waals surface area contributed by atoms with E-state index in [0.717, 1.165) is 5.56 Å². The lowest BCUT2D eigenvalue weighted by molar-refractivity contribution is 1.29. The van der Waals surface area contributed by atoms with Gasteiger partial charge in [-0.2, -0.15) is 10.5 Å². The molecule has 1 heterocycles. The molecule has 0 atom stereocenters. The molecule has 0 aliphatic heterocycles. The maximum atomic E-state index is 8.66. The molecule has 1 aromatic rings. The molecule has 0 N–H and O–H groups in total. The highest BCUT2D eigenvalue weighted by Gasteiger charge is 1.99. The largest absolute Gasteiger partial charge is 0.243 e. The number of hydrogen-bond acceptors (Lipinski definition) is 3. The minimum Gasteiger partial charge on any atom is -0.243 e. The van der Waals surface area contributed by atoms with Gasteiger partial charge in [-0.3, -0.25) is 0 Å². The van der Waals surface area contributed by atoms with Crippen LogP contribution in [0.15, 0.2) is 18.3 Å². The Hall–Kier alpha value is -1.84. The third-order valence-electron chi connectivity index (χ3n) is 1.50. The molecule has 0 unspecified atom stereocenters. The standard InChI is InChI=1S/C10H6ClN3/c11-10-9(6-13)5-8(7-14-10)3-1-2-4-12/h1,3,5,7H,2H2. The van der Waals surface area contributed by atoms with Crippen LogP contribution in [0.25, 0.3) is 6.08 Å². The molecule has 0 aliphatic carbocycles. The van der Waals surface area contributed by atoms with Crippen LogP contribution in [-0.4, -0.2) is 4.98 Å². The van der Waals surface area contributed by atoms with Gasteiger partial charge in [-0.05, 0) is 11.6 Å². The summed E-state index contributed by atoms with van der Waals surface area (Å²) in [5.74, 6) is 0.